The van der Waals surface area contributed by atoms with Crippen LogP contribution >= 0.6 is 0 Å². The van der Waals surface area contributed by atoms with Gasteiger partial charge in [0, 0.05) is 5.92 Å². The van der Waals surface area contributed by atoms with Gasteiger partial charge in [-0.1, -0.05) is 5.16 Å². The average molecular weight is 99.1 g/mol. The maximum absolute atomic E-state index is 8.13. The van der Waals surface area contributed by atoms with Crippen LogP contribution in [0.25, 0.3) is 0 Å². The van der Waals surface area contributed by atoms with Gasteiger partial charge in [0.05, 0.1) is 5.71 Å². The molecule has 0 aromatic rings. The number of nitrogens with zero attached hydrogens (tertiary/aromatic N) is 1. The van der Waals surface area contributed by atoms with Gasteiger partial charge in [-0.25, -0.2) is 0 Å². The third-order valence-corrected chi connectivity index (χ3v) is 1.33. The monoisotopic (exact) mass is 99.1 g/mol. The lowest BCUT2D eigenvalue weighted by Gasteiger charge is -1.85. The van der Waals surface area contributed by atoms with Crippen LogP contribution in [-0.2, 0) is 0 Å². The van der Waals surface area contributed by atoms with Gasteiger partial charge in [-0.15, -0.1) is 0 Å². The first-order chi connectivity index (χ1) is 3.34. The van der Waals surface area contributed by atoms with Crippen molar-refractivity contribution in [2.24, 2.45) is 11.1 Å². The van der Waals surface area contributed by atoms with Crippen molar-refractivity contribution < 1.29 is 5.21 Å². The number of rotatable bonds is 1. The van der Waals surface area contributed by atoms with Crippen LogP contribution in [0.4, 0.5) is 0 Å². The third-order valence-electron chi connectivity index (χ3n) is 1.33. The maximum atomic E-state index is 8.13. The minimum Gasteiger partial charge on any atom is -0.411 e. The van der Waals surface area contributed by atoms with Crippen molar-refractivity contribution in [1.82, 2.24) is 0 Å². The van der Waals surface area contributed by atoms with E-state index in [0.29, 0.717) is 5.92 Å². The molecule has 2 nitrogen and oxygen atoms in total. The van der Waals surface area contributed by atoms with Gasteiger partial charge in [0.25, 0.3) is 0 Å². The predicted octanol–water partition coefficient (Wildman–Crippen LogP) is 1.25. The van der Waals surface area contributed by atoms with Gasteiger partial charge in [0.1, 0.15) is 0 Å². The molecule has 1 saturated carbocycles. The molecule has 0 aromatic carbocycles. The van der Waals surface area contributed by atoms with E-state index in [0.717, 1.165) is 5.71 Å². The molecular formula is C5H9NO. The minimum absolute atomic E-state index is 0.616. The summed E-state index contributed by atoms with van der Waals surface area (Å²) in [5, 5.41) is 11.2. The van der Waals surface area contributed by atoms with Crippen molar-refractivity contribution in [3.05, 3.63) is 0 Å². The van der Waals surface area contributed by atoms with Crippen LogP contribution in [0.15, 0.2) is 5.16 Å². The van der Waals surface area contributed by atoms with Gasteiger partial charge in [0.15, 0.2) is 0 Å². The molecule has 0 aliphatic heterocycles. The van der Waals surface area contributed by atoms with E-state index in [-0.39, 0.29) is 0 Å². The maximum Gasteiger partial charge on any atom is 0.0570 e. The van der Waals surface area contributed by atoms with Crippen molar-refractivity contribution >= 4 is 5.71 Å². The quantitative estimate of drug-likeness (QED) is 0.299. The lowest BCUT2D eigenvalue weighted by atomic mass is 10.3. The van der Waals surface area contributed by atoms with E-state index in [9.17, 15) is 0 Å². The van der Waals surface area contributed by atoms with Crippen LogP contribution in [0.5, 0.6) is 0 Å². The second-order valence-corrected chi connectivity index (χ2v) is 2.02. The highest BCUT2D eigenvalue weighted by Crippen LogP contribution is 2.29. The van der Waals surface area contributed by atoms with Crippen LogP contribution in [0, 0.1) is 5.92 Å². The van der Waals surface area contributed by atoms with E-state index < -0.39 is 0 Å². The van der Waals surface area contributed by atoms with Gasteiger partial charge in [-0.3, -0.25) is 0 Å². The summed E-state index contributed by atoms with van der Waals surface area (Å²) in [6, 6.07) is 0. The summed E-state index contributed by atoms with van der Waals surface area (Å²) in [5.41, 5.74) is 0.889. The zero-order valence-electron chi connectivity index (χ0n) is 4.39. The van der Waals surface area contributed by atoms with Crippen molar-refractivity contribution in [3.63, 3.8) is 0 Å². The molecule has 0 saturated heterocycles. The first kappa shape index (κ1) is 4.62. The molecule has 2 heteroatoms. The highest BCUT2D eigenvalue weighted by atomic mass is 16.4. The number of hydrogen-bond donors (Lipinski definition) is 1. The Hall–Kier alpha value is -0.530. The van der Waals surface area contributed by atoms with Crippen molar-refractivity contribution in [2.75, 3.05) is 0 Å². The smallest absolute Gasteiger partial charge is 0.0570 e. The zero-order chi connectivity index (χ0) is 5.28. The number of hydrogen-bond acceptors (Lipinski definition) is 2. The van der Waals surface area contributed by atoms with E-state index in [4.69, 9.17) is 5.21 Å². The summed E-state index contributed by atoms with van der Waals surface area (Å²) in [5.74, 6) is 0.616. The molecule has 0 spiro atoms. The fourth-order valence-electron chi connectivity index (χ4n) is 0.583. The summed E-state index contributed by atoms with van der Waals surface area (Å²) in [6.07, 6.45) is 2.44. The van der Waals surface area contributed by atoms with E-state index in [1.54, 1.807) is 0 Å². The molecule has 0 bridgehead atoms. The Morgan fingerprint density at radius 2 is 2.29 bits per heavy atom. The van der Waals surface area contributed by atoms with E-state index >= 15 is 0 Å². The van der Waals surface area contributed by atoms with Gasteiger partial charge >= 0.3 is 0 Å². The van der Waals surface area contributed by atoms with E-state index in [1.807, 2.05) is 6.92 Å². The summed E-state index contributed by atoms with van der Waals surface area (Å²) in [6.45, 7) is 1.86. The fraction of sp³-hybridized carbons (Fsp3) is 0.800. The normalized spacial score (nSPS) is 22.7. The Kier molecular flexibility index (Phi) is 1.01. The molecule has 0 radical (unpaired) electrons. The van der Waals surface area contributed by atoms with Crippen LogP contribution in [0.2, 0.25) is 0 Å². The van der Waals surface area contributed by atoms with E-state index in [1.165, 1.54) is 12.8 Å². The molecule has 40 valence electrons. The summed E-state index contributed by atoms with van der Waals surface area (Å²) < 4.78 is 0. The van der Waals surface area contributed by atoms with Crippen molar-refractivity contribution in [1.29, 1.82) is 0 Å². The Balaban J connectivity index is 2.37. The molecule has 1 N–H and O–H groups in total. The Morgan fingerprint density at radius 1 is 1.71 bits per heavy atom. The Bertz CT molecular complexity index is 94.3. The molecular weight excluding hydrogens is 90.1 g/mol. The SMILES string of the molecule is C/C(=N/O)C1CC1. The highest BCUT2D eigenvalue weighted by Gasteiger charge is 2.24. The van der Waals surface area contributed by atoms with Crippen LogP contribution in [0.1, 0.15) is 19.8 Å². The second-order valence-electron chi connectivity index (χ2n) is 2.02. The van der Waals surface area contributed by atoms with Crippen LogP contribution in [0.3, 0.4) is 0 Å². The van der Waals surface area contributed by atoms with Gasteiger partial charge in [-0.2, -0.15) is 0 Å². The summed E-state index contributed by atoms with van der Waals surface area (Å²) in [7, 11) is 0. The fourth-order valence-corrected chi connectivity index (χ4v) is 0.583. The first-order valence-corrected chi connectivity index (χ1v) is 2.53. The molecule has 1 aliphatic carbocycles. The van der Waals surface area contributed by atoms with E-state index in [2.05, 4.69) is 5.16 Å². The minimum atomic E-state index is 0.616. The lowest BCUT2D eigenvalue weighted by molar-refractivity contribution is 0.317. The molecule has 0 heterocycles. The molecule has 1 aliphatic rings. The first-order valence-electron chi connectivity index (χ1n) is 2.53. The Labute approximate surface area is 42.8 Å². The molecule has 0 aromatic heterocycles. The van der Waals surface area contributed by atoms with Gasteiger partial charge in [0.2, 0.25) is 0 Å². The lowest BCUT2D eigenvalue weighted by Crippen LogP contribution is -1.90. The molecule has 1 fully saturated rings. The molecule has 7 heavy (non-hydrogen) atoms. The highest BCUT2D eigenvalue weighted by molar-refractivity contribution is 5.85. The standard InChI is InChI=1S/C5H9NO/c1-4(6-7)5-2-3-5/h5,7H,2-3H2,1H3/b6-4-. The molecule has 0 atom stereocenters. The topological polar surface area (TPSA) is 32.6 Å². The Morgan fingerprint density at radius 3 is 2.43 bits per heavy atom. The predicted molar refractivity (Wildman–Crippen MR) is 27.6 cm³/mol. The summed E-state index contributed by atoms with van der Waals surface area (Å²) >= 11 is 0. The molecule has 0 amide bonds. The van der Waals surface area contributed by atoms with Gasteiger partial charge < -0.3 is 5.21 Å². The third kappa shape index (κ3) is 0.918. The second kappa shape index (κ2) is 1.52. The molecule has 0 unspecified atom stereocenters. The number of oxime groups is 1. The van der Waals surface area contributed by atoms with Crippen molar-refractivity contribution in [2.45, 2.75) is 19.8 Å². The largest absolute Gasteiger partial charge is 0.411 e. The zero-order valence-corrected chi connectivity index (χ0v) is 4.39. The summed E-state index contributed by atoms with van der Waals surface area (Å²) in [4.78, 5) is 0. The van der Waals surface area contributed by atoms with Crippen LogP contribution in [-0.4, -0.2) is 10.9 Å². The van der Waals surface area contributed by atoms with Crippen LogP contribution < -0.4 is 0 Å². The van der Waals surface area contributed by atoms with Gasteiger partial charge in [-0.05, 0) is 19.8 Å². The average Bonchev–Trinajstić information content (AvgIpc) is 2.44. The van der Waals surface area contributed by atoms with Crippen molar-refractivity contribution in [3.8, 4) is 0 Å². The molecule has 1 rings (SSSR count).